The van der Waals surface area contributed by atoms with Crippen LogP contribution >= 0.6 is 15.9 Å². The summed E-state index contributed by atoms with van der Waals surface area (Å²) in [4.78, 5) is 12.2. The van der Waals surface area contributed by atoms with Crippen molar-refractivity contribution < 1.29 is 9.18 Å². The van der Waals surface area contributed by atoms with Crippen LogP contribution in [0.4, 0.5) is 4.39 Å². The molecule has 2 aromatic carbocycles. The number of ketones is 1. The summed E-state index contributed by atoms with van der Waals surface area (Å²) in [6.07, 6.45) is 0.207. The van der Waals surface area contributed by atoms with Crippen LogP contribution in [0.1, 0.15) is 27.0 Å². The molecule has 0 N–H and O–H groups in total. The Labute approximate surface area is 120 Å². The third kappa shape index (κ3) is 3.51. The van der Waals surface area contributed by atoms with Crippen LogP contribution in [0, 0.1) is 19.7 Å². The molecular formula is C16H14BrFO. The first-order valence-corrected chi connectivity index (χ1v) is 6.80. The van der Waals surface area contributed by atoms with Crippen molar-refractivity contribution in [3.05, 3.63) is 68.9 Å². The van der Waals surface area contributed by atoms with Gasteiger partial charge in [0.25, 0.3) is 0 Å². The first-order chi connectivity index (χ1) is 8.95. The van der Waals surface area contributed by atoms with Crippen molar-refractivity contribution in [3.63, 3.8) is 0 Å². The molecule has 0 saturated carbocycles. The number of aryl methyl sites for hydroxylation is 2. The molecule has 0 aromatic heterocycles. The zero-order valence-electron chi connectivity index (χ0n) is 10.8. The SMILES string of the molecule is Cc1ccc(C(=O)Cc2cc(F)cc(Br)c2)cc1C. The molecule has 0 unspecified atom stereocenters. The Morgan fingerprint density at radius 2 is 1.84 bits per heavy atom. The van der Waals surface area contributed by atoms with Gasteiger partial charge in [0.15, 0.2) is 5.78 Å². The van der Waals surface area contributed by atoms with E-state index < -0.39 is 0 Å². The lowest BCUT2D eigenvalue weighted by molar-refractivity contribution is 0.0993. The molecule has 0 atom stereocenters. The predicted octanol–water partition coefficient (Wildman–Crippen LogP) is 4.63. The van der Waals surface area contributed by atoms with E-state index in [0.717, 1.165) is 11.1 Å². The molecule has 0 spiro atoms. The van der Waals surface area contributed by atoms with Gasteiger partial charge in [0.05, 0.1) is 0 Å². The van der Waals surface area contributed by atoms with Gasteiger partial charge in [-0.1, -0.05) is 28.1 Å². The average molecular weight is 321 g/mol. The van der Waals surface area contributed by atoms with Crippen LogP contribution in [0.15, 0.2) is 40.9 Å². The molecule has 3 heteroatoms. The lowest BCUT2D eigenvalue weighted by Crippen LogP contribution is -2.04. The first kappa shape index (κ1) is 13.9. The van der Waals surface area contributed by atoms with Gasteiger partial charge < -0.3 is 0 Å². The standard InChI is InChI=1S/C16H14BrFO/c1-10-3-4-13(5-11(10)2)16(19)8-12-6-14(17)9-15(18)7-12/h3-7,9H,8H2,1-2H3. The molecule has 0 saturated heterocycles. The van der Waals surface area contributed by atoms with Crippen LogP contribution < -0.4 is 0 Å². The van der Waals surface area contributed by atoms with Gasteiger partial charge in [-0.3, -0.25) is 4.79 Å². The summed E-state index contributed by atoms with van der Waals surface area (Å²) in [6.45, 7) is 3.98. The van der Waals surface area contributed by atoms with Crippen LogP contribution in [0.25, 0.3) is 0 Å². The molecule has 0 aliphatic carbocycles. The Morgan fingerprint density at radius 1 is 1.11 bits per heavy atom. The number of hydrogen-bond acceptors (Lipinski definition) is 1. The maximum absolute atomic E-state index is 13.3. The minimum atomic E-state index is -0.336. The van der Waals surface area contributed by atoms with Crippen molar-refractivity contribution >= 4 is 21.7 Å². The van der Waals surface area contributed by atoms with Gasteiger partial charge in [-0.2, -0.15) is 0 Å². The van der Waals surface area contributed by atoms with E-state index in [2.05, 4.69) is 15.9 Å². The molecule has 0 radical (unpaired) electrons. The molecule has 2 rings (SSSR count). The fourth-order valence-electron chi connectivity index (χ4n) is 1.92. The van der Waals surface area contributed by atoms with E-state index in [1.165, 1.54) is 12.1 Å². The molecule has 0 aliphatic heterocycles. The van der Waals surface area contributed by atoms with E-state index in [0.29, 0.717) is 15.6 Å². The van der Waals surface area contributed by atoms with Crippen LogP contribution in [0.2, 0.25) is 0 Å². The fourth-order valence-corrected chi connectivity index (χ4v) is 2.43. The number of carbonyl (C=O) groups excluding carboxylic acids is 1. The molecule has 2 aromatic rings. The third-order valence-electron chi connectivity index (χ3n) is 3.12. The summed E-state index contributed by atoms with van der Waals surface area (Å²) in [6, 6.07) is 10.2. The Morgan fingerprint density at radius 3 is 2.47 bits per heavy atom. The highest BCUT2D eigenvalue weighted by Gasteiger charge is 2.09. The van der Waals surface area contributed by atoms with Gasteiger partial charge in [0.1, 0.15) is 5.82 Å². The number of hydrogen-bond donors (Lipinski definition) is 0. The molecule has 0 heterocycles. The lowest BCUT2D eigenvalue weighted by Gasteiger charge is -2.05. The summed E-state index contributed by atoms with van der Waals surface area (Å²) in [5.74, 6) is -0.335. The Bertz CT molecular complexity index is 614. The van der Waals surface area contributed by atoms with Crippen LogP contribution in [-0.4, -0.2) is 5.78 Å². The quantitative estimate of drug-likeness (QED) is 0.753. The second-order valence-corrected chi connectivity index (χ2v) is 5.59. The molecule has 1 nitrogen and oxygen atoms in total. The zero-order valence-corrected chi connectivity index (χ0v) is 12.4. The maximum atomic E-state index is 13.3. The predicted molar refractivity (Wildman–Crippen MR) is 78.1 cm³/mol. The molecule has 0 bridgehead atoms. The summed E-state index contributed by atoms with van der Waals surface area (Å²) in [5.41, 5.74) is 3.59. The molecule has 0 fully saturated rings. The third-order valence-corrected chi connectivity index (χ3v) is 3.57. The monoisotopic (exact) mass is 320 g/mol. The van der Waals surface area contributed by atoms with Gasteiger partial charge >= 0.3 is 0 Å². The highest BCUT2D eigenvalue weighted by Crippen LogP contribution is 2.17. The number of Topliss-reactive ketones (excluding diaryl/α,β-unsaturated/α-hetero) is 1. The minimum absolute atomic E-state index is 0.000556. The first-order valence-electron chi connectivity index (χ1n) is 6.01. The van der Waals surface area contributed by atoms with E-state index in [9.17, 15) is 9.18 Å². The maximum Gasteiger partial charge on any atom is 0.167 e. The van der Waals surface area contributed by atoms with E-state index in [1.807, 2.05) is 32.0 Å². The van der Waals surface area contributed by atoms with Crippen molar-refractivity contribution in [3.8, 4) is 0 Å². The number of rotatable bonds is 3. The van der Waals surface area contributed by atoms with Crippen LogP contribution in [-0.2, 0) is 6.42 Å². The van der Waals surface area contributed by atoms with Crippen molar-refractivity contribution in [1.29, 1.82) is 0 Å². The van der Waals surface area contributed by atoms with Gasteiger partial charge in [-0.25, -0.2) is 4.39 Å². The topological polar surface area (TPSA) is 17.1 Å². The van der Waals surface area contributed by atoms with Crippen LogP contribution in [0.3, 0.4) is 0 Å². The molecule has 19 heavy (non-hydrogen) atoms. The highest BCUT2D eigenvalue weighted by molar-refractivity contribution is 9.10. The van der Waals surface area contributed by atoms with Crippen molar-refractivity contribution in [2.75, 3.05) is 0 Å². The summed E-state index contributed by atoms with van der Waals surface area (Å²) < 4.78 is 13.9. The van der Waals surface area contributed by atoms with Gasteiger partial charge in [-0.05, 0) is 54.8 Å². The van der Waals surface area contributed by atoms with Gasteiger partial charge in [-0.15, -0.1) is 0 Å². The Balaban J connectivity index is 2.22. The highest BCUT2D eigenvalue weighted by atomic mass is 79.9. The van der Waals surface area contributed by atoms with Crippen LogP contribution in [0.5, 0.6) is 0 Å². The van der Waals surface area contributed by atoms with Crippen molar-refractivity contribution in [2.24, 2.45) is 0 Å². The van der Waals surface area contributed by atoms with Crippen molar-refractivity contribution in [1.82, 2.24) is 0 Å². The zero-order chi connectivity index (χ0) is 14.0. The summed E-state index contributed by atoms with van der Waals surface area (Å²) in [7, 11) is 0. The van der Waals surface area contributed by atoms with E-state index in [-0.39, 0.29) is 18.0 Å². The van der Waals surface area contributed by atoms with Gasteiger partial charge in [0.2, 0.25) is 0 Å². The second kappa shape index (κ2) is 5.66. The van der Waals surface area contributed by atoms with E-state index >= 15 is 0 Å². The van der Waals surface area contributed by atoms with Crippen molar-refractivity contribution in [2.45, 2.75) is 20.3 Å². The molecule has 0 amide bonds. The second-order valence-electron chi connectivity index (χ2n) is 4.68. The van der Waals surface area contributed by atoms with Gasteiger partial charge in [0, 0.05) is 16.5 Å². The van der Waals surface area contributed by atoms with E-state index in [4.69, 9.17) is 0 Å². The smallest absolute Gasteiger partial charge is 0.167 e. The fraction of sp³-hybridized carbons (Fsp3) is 0.188. The summed E-state index contributed by atoms with van der Waals surface area (Å²) in [5, 5.41) is 0. The molecule has 0 aliphatic rings. The van der Waals surface area contributed by atoms with E-state index in [1.54, 1.807) is 6.07 Å². The number of halogens is 2. The Kier molecular flexibility index (Phi) is 4.15. The molecule has 98 valence electrons. The molecular weight excluding hydrogens is 307 g/mol. The summed E-state index contributed by atoms with van der Waals surface area (Å²) >= 11 is 3.23. The minimum Gasteiger partial charge on any atom is -0.294 e. The normalized spacial score (nSPS) is 10.5. The number of carbonyl (C=O) groups is 1. The lowest BCUT2D eigenvalue weighted by atomic mass is 9.99. The average Bonchev–Trinajstić information content (AvgIpc) is 2.31. The largest absolute Gasteiger partial charge is 0.294 e. The Hall–Kier alpha value is -1.48. The number of benzene rings is 2.